The molecule has 0 aromatic carbocycles. The Hall–Kier alpha value is -1.16. The third kappa shape index (κ3) is 2.09. The number of nitrogens with zero attached hydrogens (tertiary/aromatic N) is 3. The summed E-state index contributed by atoms with van der Waals surface area (Å²) < 4.78 is 1.75. The summed E-state index contributed by atoms with van der Waals surface area (Å²) in [5.41, 5.74) is 2.29. The van der Waals surface area contributed by atoms with Gasteiger partial charge in [-0.15, -0.1) is 5.10 Å². The van der Waals surface area contributed by atoms with Crippen LogP contribution in [0.2, 0.25) is 0 Å². The van der Waals surface area contributed by atoms with Crippen molar-refractivity contribution >= 4 is 5.57 Å². The van der Waals surface area contributed by atoms with Crippen molar-refractivity contribution in [1.29, 1.82) is 0 Å². The predicted octanol–water partition coefficient (Wildman–Crippen LogP) is 1.38. The number of allylic oxidation sites excluding steroid dienone is 1. The van der Waals surface area contributed by atoms with Crippen LogP contribution >= 0.6 is 0 Å². The van der Waals surface area contributed by atoms with Gasteiger partial charge in [0.15, 0.2) is 0 Å². The number of rotatable bonds is 1. The van der Waals surface area contributed by atoms with Crippen molar-refractivity contribution in [2.24, 2.45) is 12.5 Å². The minimum absolute atomic E-state index is 0.147. The minimum atomic E-state index is -0.348. The van der Waals surface area contributed by atoms with Crippen LogP contribution in [0.5, 0.6) is 0 Å². The molecule has 2 rings (SSSR count). The van der Waals surface area contributed by atoms with E-state index in [1.807, 2.05) is 13.1 Å². The molecule has 1 N–H and O–H groups in total. The molecule has 15 heavy (non-hydrogen) atoms. The molecule has 0 spiro atoms. The Morgan fingerprint density at radius 3 is 2.80 bits per heavy atom. The molecule has 1 aromatic heterocycles. The average Bonchev–Trinajstić information content (AvgIpc) is 2.47. The Bertz CT molecular complexity index is 392. The number of aromatic nitrogens is 3. The van der Waals surface area contributed by atoms with Gasteiger partial charge in [-0.1, -0.05) is 25.1 Å². The van der Waals surface area contributed by atoms with Gasteiger partial charge in [0.1, 0.15) is 0 Å². The Labute approximate surface area is 89.6 Å². The van der Waals surface area contributed by atoms with E-state index in [0.29, 0.717) is 0 Å². The van der Waals surface area contributed by atoms with E-state index < -0.39 is 0 Å². The highest BCUT2D eigenvalue weighted by molar-refractivity contribution is 5.64. The lowest BCUT2D eigenvalue weighted by Crippen LogP contribution is -2.25. The fourth-order valence-electron chi connectivity index (χ4n) is 2.26. The van der Waals surface area contributed by atoms with Crippen molar-refractivity contribution in [3.63, 3.8) is 0 Å². The predicted molar refractivity (Wildman–Crippen MR) is 58.0 cm³/mol. The third-order valence-electron chi connectivity index (χ3n) is 2.87. The molecular weight excluding hydrogens is 190 g/mol. The second-order valence-electron chi connectivity index (χ2n) is 5.05. The lowest BCUT2D eigenvalue weighted by atomic mass is 9.75. The first-order valence-corrected chi connectivity index (χ1v) is 5.22. The zero-order valence-corrected chi connectivity index (χ0v) is 9.44. The molecule has 0 saturated heterocycles. The molecule has 0 saturated carbocycles. The summed E-state index contributed by atoms with van der Waals surface area (Å²) in [6, 6.07) is 0. The van der Waals surface area contributed by atoms with E-state index in [9.17, 15) is 5.11 Å². The lowest BCUT2D eigenvalue weighted by molar-refractivity contribution is 0.146. The maximum absolute atomic E-state index is 9.78. The van der Waals surface area contributed by atoms with E-state index in [0.717, 1.165) is 24.1 Å². The lowest BCUT2D eigenvalue weighted by Gasteiger charge is -2.32. The summed E-state index contributed by atoms with van der Waals surface area (Å²) in [5, 5.41) is 17.5. The Balaban J connectivity index is 2.34. The van der Waals surface area contributed by atoms with Crippen LogP contribution in [0.1, 0.15) is 32.4 Å². The summed E-state index contributed by atoms with van der Waals surface area (Å²) >= 11 is 0. The molecule has 0 fully saturated rings. The molecule has 1 aliphatic carbocycles. The van der Waals surface area contributed by atoms with E-state index in [1.54, 1.807) is 10.9 Å². The summed E-state index contributed by atoms with van der Waals surface area (Å²) in [6.07, 6.45) is 5.11. The molecule has 1 aliphatic rings. The summed E-state index contributed by atoms with van der Waals surface area (Å²) in [5.74, 6) is 0. The summed E-state index contributed by atoms with van der Waals surface area (Å²) in [6.45, 7) is 4.35. The third-order valence-corrected chi connectivity index (χ3v) is 2.87. The molecule has 1 heterocycles. The van der Waals surface area contributed by atoms with Gasteiger partial charge in [-0.25, -0.2) is 4.68 Å². The second-order valence-corrected chi connectivity index (χ2v) is 5.05. The Morgan fingerprint density at radius 1 is 1.53 bits per heavy atom. The van der Waals surface area contributed by atoms with Gasteiger partial charge < -0.3 is 5.11 Å². The number of hydrogen-bond acceptors (Lipinski definition) is 3. The van der Waals surface area contributed by atoms with Crippen LogP contribution in [0.15, 0.2) is 12.3 Å². The van der Waals surface area contributed by atoms with Gasteiger partial charge in [0, 0.05) is 7.05 Å². The highest BCUT2D eigenvalue weighted by atomic mass is 16.3. The zero-order chi connectivity index (χ0) is 11.1. The molecule has 82 valence electrons. The first kappa shape index (κ1) is 10.4. The average molecular weight is 207 g/mol. The van der Waals surface area contributed by atoms with Crippen molar-refractivity contribution in [2.75, 3.05) is 0 Å². The van der Waals surface area contributed by atoms with Gasteiger partial charge in [0.2, 0.25) is 0 Å². The number of aliphatic hydroxyl groups excluding tert-OH is 1. The Morgan fingerprint density at radius 2 is 2.27 bits per heavy atom. The highest BCUT2D eigenvalue weighted by Crippen LogP contribution is 2.38. The van der Waals surface area contributed by atoms with Gasteiger partial charge in [-0.3, -0.25) is 0 Å². The van der Waals surface area contributed by atoms with Crippen molar-refractivity contribution < 1.29 is 5.11 Å². The van der Waals surface area contributed by atoms with E-state index in [2.05, 4.69) is 24.2 Å². The molecule has 4 nitrogen and oxygen atoms in total. The maximum Gasteiger partial charge on any atom is 0.0839 e. The molecule has 1 atom stereocenters. The van der Waals surface area contributed by atoms with Crippen molar-refractivity contribution in [1.82, 2.24) is 15.0 Å². The first-order valence-electron chi connectivity index (χ1n) is 5.22. The normalized spacial score (nSPS) is 25.1. The standard InChI is InChI=1S/C11H17N3O/c1-11(2)5-8(4-9(15)6-11)10-7-12-13-14(10)3/h4,7,9,15H,5-6H2,1-3H3. The van der Waals surface area contributed by atoms with Crippen molar-refractivity contribution in [2.45, 2.75) is 32.8 Å². The second kappa shape index (κ2) is 3.45. The molecular formula is C11H17N3O. The monoisotopic (exact) mass is 207 g/mol. The molecule has 4 heteroatoms. The first-order chi connectivity index (χ1) is 6.98. The smallest absolute Gasteiger partial charge is 0.0839 e. The van der Waals surface area contributed by atoms with E-state index >= 15 is 0 Å². The van der Waals surface area contributed by atoms with Crippen molar-refractivity contribution in [3.05, 3.63) is 18.0 Å². The van der Waals surface area contributed by atoms with Gasteiger partial charge in [-0.05, 0) is 23.8 Å². The molecule has 1 aromatic rings. The van der Waals surface area contributed by atoms with Gasteiger partial charge >= 0.3 is 0 Å². The van der Waals surface area contributed by atoms with Gasteiger partial charge in [0.25, 0.3) is 0 Å². The fourth-order valence-corrected chi connectivity index (χ4v) is 2.26. The van der Waals surface area contributed by atoms with E-state index in [4.69, 9.17) is 0 Å². The number of aryl methyl sites for hydroxylation is 1. The zero-order valence-electron chi connectivity index (χ0n) is 9.44. The van der Waals surface area contributed by atoms with Crippen LogP contribution in [0.4, 0.5) is 0 Å². The van der Waals surface area contributed by atoms with E-state index in [-0.39, 0.29) is 11.5 Å². The van der Waals surface area contributed by atoms with Crippen LogP contribution in [0, 0.1) is 5.41 Å². The van der Waals surface area contributed by atoms with Crippen LogP contribution in [-0.4, -0.2) is 26.2 Å². The largest absolute Gasteiger partial charge is 0.389 e. The maximum atomic E-state index is 9.78. The molecule has 1 unspecified atom stereocenters. The van der Waals surface area contributed by atoms with Crippen LogP contribution in [0.3, 0.4) is 0 Å². The van der Waals surface area contributed by atoms with E-state index in [1.165, 1.54) is 0 Å². The van der Waals surface area contributed by atoms with Crippen LogP contribution in [0.25, 0.3) is 5.57 Å². The summed E-state index contributed by atoms with van der Waals surface area (Å²) in [7, 11) is 1.87. The molecule has 0 bridgehead atoms. The van der Waals surface area contributed by atoms with Crippen LogP contribution in [-0.2, 0) is 7.05 Å². The quantitative estimate of drug-likeness (QED) is 0.757. The molecule has 0 amide bonds. The fraction of sp³-hybridized carbons (Fsp3) is 0.636. The highest BCUT2D eigenvalue weighted by Gasteiger charge is 2.29. The van der Waals surface area contributed by atoms with Crippen LogP contribution < -0.4 is 0 Å². The SMILES string of the molecule is Cn1nncc1C1=CC(O)CC(C)(C)C1. The van der Waals surface area contributed by atoms with Crippen molar-refractivity contribution in [3.8, 4) is 0 Å². The van der Waals surface area contributed by atoms with Gasteiger partial charge in [0.05, 0.1) is 18.0 Å². The number of aliphatic hydroxyl groups is 1. The topological polar surface area (TPSA) is 50.9 Å². The Kier molecular flexibility index (Phi) is 2.38. The summed E-state index contributed by atoms with van der Waals surface area (Å²) in [4.78, 5) is 0. The number of hydrogen-bond donors (Lipinski definition) is 1. The molecule has 0 radical (unpaired) electrons. The minimum Gasteiger partial charge on any atom is -0.389 e. The van der Waals surface area contributed by atoms with Gasteiger partial charge in [-0.2, -0.15) is 0 Å². The molecule has 0 aliphatic heterocycles.